The summed E-state index contributed by atoms with van der Waals surface area (Å²) in [6.45, 7) is 4.70. The van der Waals surface area contributed by atoms with Crippen molar-refractivity contribution in [1.29, 1.82) is 0 Å². The SMILES string of the molecule is CC1(C)c2ccccc2-c2cc3c(ccc4ccc5cc(-c6cccc(-c7nc(-c8ccccc8)nc(-c8ccccc8)n7)c6)ccc5c43)cc21. The summed E-state index contributed by atoms with van der Waals surface area (Å²) in [4.78, 5) is 14.8. The fourth-order valence-corrected chi connectivity index (χ4v) is 8.04. The van der Waals surface area contributed by atoms with E-state index in [1.165, 1.54) is 54.6 Å². The maximum atomic E-state index is 4.97. The Balaban J connectivity index is 1.10. The van der Waals surface area contributed by atoms with Gasteiger partial charge in [-0.1, -0.05) is 153 Å². The lowest BCUT2D eigenvalue weighted by molar-refractivity contribution is 0.661. The zero-order valence-electron chi connectivity index (χ0n) is 28.4. The van der Waals surface area contributed by atoms with Gasteiger partial charge in [-0.15, -0.1) is 0 Å². The molecule has 8 aromatic carbocycles. The Hall–Kier alpha value is -6.45. The largest absolute Gasteiger partial charge is 0.208 e. The molecule has 0 saturated carbocycles. The lowest BCUT2D eigenvalue weighted by Gasteiger charge is -2.22. The second kappa shape index (κ2) is 11.3. The lowest BCUT2D eigenvalue weighted by Crippen LogP contribution is -2.14. The molecule has 0 amide bonds. The molecule has 240 valence electrons. The van der Waals surface area contributed by atoms with Crippen LogP contribution >= 0.6 is 0 Å². The van der Waals surface area contributed by atoms with E-state index < -0.39 is 0 Å². The van der Waals surface area contributed by atoms with Crippen LogP contribution in [-0.2, 0) is 5.41 Å². The summed E-state index contributed by atoms with van der Waals surface area (Å²) < 4.78 is 0. The summed E-state index contributed by atoms with van der Waals surface area (Å²) in [5.74, 6) is 1.97. The van der Waals surface area contributed by atoms with Gasteiger partial charge < -0.3 is 0 Å². The molecule has 0 spiro atoms. The van der Waals surface area contributed by atoms with Crippen molar-refractivity contribution in [2.45, 2.75) is 19.3 Å². The summed E-state index contributed by atoms with van der Waals surface area (Å²) >= 11 is 0. The summed E-state index contributed by atoms with van der Waals surface area (Å²) in [6, 6.07) is 58.5. The van der Waals surface area contributed by atoms with Crippen molar-refractivity contribution in [3.63, 3.8) is 0 Å². The molecule has 1 aliphatic rings. The van der Waals surface area contributed by atoms with Crippen molar-refractivity contribution in [3.05, 3.63) is 175 Å². The van der Waals surface area contributed by atoms with Gasteiger partial charge in [-0.2, -0.15) is 0 Å². The van der Waals surface area contributed by atoms with E-state index in [0.29, 0.717) is 17.5 Å². The third-order valence-electron chi connectivity index (χ3n) is 10.7. The molecule has 0 unspecified atom stereocenters. The number of hydrogen-bond acceptors (Lipinski definition) is 3. The molecule has 1 aromatic heterocycles. The van der Waals surface area contributed by atoms with Crippen molar-refractivity contribution in [2.75, 3.05) is 0 Å². The maximum absolute atomic E-state index is 4.97. The minimum absolute atomic E-state index is 0.0230. The Morgan fingerprint density at radius 3 is 1.61 bits per heavy atom. The predicted octanol–water partition coefficient (Wildman–Crippen LogP) is 12.3. The molecular formula is C48H33N3. The molecule has 1 aliphatic carbocycles. The Labute approximate surface area is 297 Å². The van der Waals surface area contributed by atoms with Crippen LogP contribution in [0.5, 0.6) is 0 Å². The summed E-state index contributed by atoms with van der Waals surface area (Å²) in [5.41, 5.74) is 10.6. The first-order valence-corrected chi connectivity index (χ1v) is 17.5. The molecular weight excluding hydrogens is 619 g/mol. The van der Waals surface area contributed by atoms with Crippen molar-refractivity contribution in [1.82, 2.24) is 15.0 Å². The van der Waals surface area contributed by atoms with Crippen LogP contribution in [0.1, 0.15) is 25.0 Å². The quantitative estimate of drug-likeness (QED) is 0.178. The first-order chi connectivity index (χ1) is 25.0. The third-order valence-corrected chi connectivity index (χ3v) is 10.7. The Kier molecular flexibility index (Phi) is 6.53. The number of hydrogen-bond donors (Lipinski definition) is 0. The minimum Gasteiger partial charge on any atom is -0.208 e. The van der Waals surface area contributed by atoms with Crippen LogP contribution < -0.4 is 0 Å². The molecule has 9 aromatic rings. The molecule has 0 fully saturated rings. The van der Waals surface area contributed by atoms with Crippen LogP contribution in [-0.4, -0.2) is 15.0 Å². The van der Waals surface area contributed by atoms with Crippen molar-refractivity contribution in [3.8, 4) is 56.4 Å². The molecule has 0 aliphatic heterocycles. The highest BCUT2D eigenvalue weighted by atomic mass is 15.0. The molecule has 3 heteroatoms. The zero-order valence-corrected chi connectivity index (χ0v) is 28.4. The van der Waals surface area contributed by atoms with Crippen LogP contribution in [0.25, 0.3) is 88.7 Å². The first kappa shape index (κ1) is 29.5. The van der Waals surface area contributed by atoms with Gasteiger partial charge in [0.25, 0.3) is 0 Å². The van der Waals surface area contributed by atoms with E-state index in [2.05, 4.69) is 117 Å². The van der Waals surface area contributed by atoms with Gasteiger partial charge in [-0.05, 0) is 90.0 Å². The number of benzene rings is 8. The molecule has 0 atom stereocenters. The van der Waals surface area contributed by atoms with E-state index in [9.17, 15) is 0 Å². The second-order valence-electron chi connectivity index (χ2n) is 14.1. The summed E-state index contributed by atoms with van der Waals surface area (Å²) in [6.07, 6.45) is 0. The highest BCUT2D eigenvalue weighted by molar-refractivity contribution is 6.21. The van der Waals surface area contributed by atoms with Crippen molar-refractivity contribution >= 4 is 32.3 Å². The van der Waals surface area contributed by atoms with Crippen LogP contribution in [0.4, 0.5) is 0 Å². The van der Waals surface area contributed by atoms with Crippen LogP contribution in [0, 0.1) is 0 Å². The molecule has 0 N–H and O–H groups in total. The van der Waals surface area contributed by atoms with Crippen molar-refractivity contribution < 1.29 is 0 Å². The van der Waals surface area contributed by atoms with E-state index in [0.717, 1.165) is 27.8 Å². The topological polar surface area (TPSA) is 38.7 Å². The monoisotopic (exact) mass is 651 g/mol. The number of rotatable bonds is 4. The van der Waals surface area contributed by atoms with E-state index >= 15 is 0 Å². The first-order valence-electron chi connectivity index (χ1n) is 17.5. The van der Waals surface area contributed by atoms with Gasteiger partial charge in [0.2, 0.25) is 0 Å². The Morgan fingerprint density at radius 1 is 0.353 bits per heavy atom. The Morgan fingerprint density at radius 2 is 0.902 bits per heavy atom. The smallest absolute Gasteiger partial charge is 0.164 e. The van der Waals surface area contributed by atoms with Crippen LogP contribution in [0.3, 0.4) is 0 Å². The minimum atomic E-state index is -0.0230. The number of nitrogens with zero attached hydrogens (tertiary/aromatic N) is 3. The maximum Gasteiger partial charge on any atom is 0.164 e. The highest BCUT2D eigenvalue weighted by Crippen LogP contribution is 2.50. The average molecular weight is 652 g/mol. The highest BCUT2D eigenvalue weighted by Gasteiger charge is 2.35. The molecule has 0 bridgehead atoms. The normalized spacial score (nSPS) is 13.1. The average Bonchev–Trinajstić information content (AvgIpc) is 3.42. The van der Waals surface area contributed by atoms with Gasteiger partial charge in [0.15, 0.2) is 17.5 Å². The number of aromatic nitrogens is 3. The Bertz CT molecular complexity index is 2760. The van der Waals surface area contributed by atoms with Crippen molar-refractivity contribution in [2.24, 2.45) is 0 Å². The van der Waals surface area contributed by atoms with Gasteiger partial charge in [-0.25, -0.2) is 15.0 Å². The van der Waals surface area contributed by atoms with E-state index in [1.54, 1.807) is 0 Å². The van der Waals surface area contributed by atoms with Gasteiger partial charge in [0.05, 0.1) is 0 Å². The second-order valence-corrected chi connectivity index (χ2v) is 14.1. The van der Waals surface area contributed by atoms with Crippen LogP contribution in [0.2, 0.25) is 0 Å². The molecule has 51 heavy (non-hydrogen) atoms. The molecule has 10 rings (SSSR count). The predicted molar refractivity (Wildman–Crippen MR) is 212 cm³/mol. The van der Waals surface area contributed by atoms with Crippen LogP contribution in [0.15, 0.2) is 164 Å². The number of fused-ring (bicyclic) bond motifs is 8. The summed E-state index contributed by atoms with van der Waals surface area (Å²) in [7, 11) is 0. The lowest BCUT2D eigenvalue weighted by atomic mass is 9.81. The standard InChI is InChI=1S/C48H33N3/c1-48(2)42-19-10-9-18-39(42)41-29-40-36(28-43(41)48)23-21-30-20-22-35-26-34(24-25-38(35)44(30)40)33-16-11-17-37(27-33)47-50-45(31-12-5-3-6-13-31)49-46(51-47)32-14-7-4-8-15-32/h3-29H,1-2H3. The fraction of sp³-hybridized carbons (Fsp3) is 0.0625. The summed E-state index contributed by atoms with van der Waals surface area (Å²) in [5, 5.41) is 7.64. The van der Waals surface area contributed by atoms with Gasteiger partial charge >= 0.3 is 0 Å². The third kappa shape index (κ3) is 4.77. The molecule has 3 nitrogen and oxygen atoms in total. The van der Waals surface area contributed by atoms with Gasteiger partial charge in [0.1, 0.15) is 0 Å². The van der Waals surface area contributed by atoms with Gasteiger partial charge in [0, 0.05) is 22.1 Å². The molecule has 1 heterocycles. The van der Waals surface area contributed by atoms with Gasteiger partial charge in [-0.3, -0.25) is 0 Å². The zero-order chi connectivity index (χ0) is 34.1. The molecule has 0 saturated heterocycles. The fourth-order valence-electron chi connectivity index (χ4n) is 8.04. The molecule has 0 radical (unpaired) electrons. The van der Waals surface area contributed by atoms with E-state index in [4.69, 9.17) is 15.0 Å². The van der Waals surface area contributed by atoms with E-state index in [-0.39, 0.29) is 5.41 Å². The van der Waals surface area contributed by atoms with E-state index in [1.807, 2.05) is 60.7 Å².